The average molecular weight is 256 g/mol. The first kappa shape index (κ1) is 12.6. The summed E-state index contributed by atoms with van der Waals surface area (Å²) in [4.78, 5) is 0. The van der Waals surface area contributed by atoms with E-state index >= 15 is 0 Å². The van der Waals surface area contributed by atoms with Crippen molar-refractivity contribution in [2.45, 2.75) is 6.92 Å². The minimum atomic E-state index is 0.840. The number of hydrogen-bond acceptors (Lipinski definition) is 0. The van der Waals surface area contributed by atoms with E-state index in [-0.39, 0.29) is 0 Å². The lowest BCUT2D eigenvalue weighted by Gasteiger charge is -2.19. The van der Waals surface area contributed by atoms with Gasteiger partial charge in [-0.05, 0) is 42.9 Å². The number of fused-ring (bicyclic) bond motifs is 1. The molecule has 0 atom stereocenters. The summed E-state index contributed by atoms with van der Waals surface area (Å²) in [5.41, 5.74) is 5.53. The van der Waals surface area contributed by atoms with E-state index in [1.807, 2.05) is 25.1 Å². The molecule has 1 aromatic carbocycles. The Morgan fingerprint density at radius 3 is 2.55 bits per heavy atom. The van der Waals surface area contributed by atoms with Gasteiger partial charge in [-0.25, -0.2) is 0 Å². The molecule has 95 valence electrons. The van der Waals surface area contributed by atoms with Crippen molar-refractivity contribution in [3.8, 4) is 0 Å². The third kappa shape index (κ3) is 2.21. The van der Waals surface area contributed by atoms with Gasteiger partial charge in [0.05, 0.1) is 17.1 Å². The molecule has 3 rings (SSSR count). The third-order valence-electron chi connectivity index (χ3n) is 3.52. The van der Waals surface area contributed by atoms with Gasteiger partial charge in [0.15, 0.2) is 0 Å². The predicted molar refractivity (Wildman–Crippen MR) is 85.6 cm³/mol. The molecule has 0 spiro atoms. The van der Waals surface area contributed by atoms with Crippen molar-refractivity contribution in [2.24, 2.45) is 0 Å². The minimum absolute atomic E-state index is 0.840. The molecule has 0 aliphatic heterocycles. The maximum atomic E-state index is 6.17. The molecule has 0 aromatic heterocycles. The van der Waals surface area contributed by atoms with E-state index in [0.717, 1.165) is 16.7 Å². The highest BCUT2D eigenvalue weighted by molar-refractivity contribution is 5.87. The summed E-state index contributed by atoms with van der Waals surface area (Å²) in [6.45, 7) is 8.13. The normalized spacial score (nSPS) is 18.6. The lowest BCUT2D eigenvalue weighted by atomic mass is 9.79. The quantitative estimate of drug-likeness (QED) is 0.652. The topological polar surface area (TPSA) is 0 Å². The fourth-order valence-corrected chi connectivity index (χ4v) is 2.64. The van der Waals surface area contributed by atoms with Crippen molar-refractivity contribution in [3.05, 3.63) is 108 Å². The Hall–Kier alpha value is -2.47. The maximum absolute atomic E-state index is 6.17. The highest BCUT2D eigenvalue weighted by atomic mass is 14.2. The monoisotopic (exact) mass is 256 g/mol. The minimum Gasteiger partial charge on any atom is -0.0622 e. The zero-order chi connectivity index (χ0) is 13.9. The van der Waals surface area contributed by atoms with Crippen LogP contribution < -0.4 is 0 Å². The average Bonchev–Trinajstić information content (AvgIpc) is 2.48. The van der Waals surface area contributed by atoms with Gasteiger partial charge in [-0.1, -0.05) is 24.8 Å². The predicted octanol–water partition coefficient (Wildman–Crippen LogP) is 5.02. The summed E-state index contributed by atoms with van der Waals surface area (Å²) in [7, 11) is 0. The van der Waals surface area contributed by atoms with Gasteiger partial charge in [0.1, 0.15) is 0 Å². The Morgan fingerprint density at radius 1 is 1.00 bits per heavy atom. The molecular formula is C20H16+. The van der Waals surface area contributed by atoms with Crippen molar-refractivity contribution in [2.75, 3.05) is 0 Å². The van der Waals surface area contributed by atoms with E-state index in [9.17, 15) is 0 Å². The molecule has 0 unspecified atom stereocenters. The number of hydrogen-bond donors (Lipinski definition) is 0. The van der Waals surface area contributed by atoms with Crippen LogP contribution in [-0.2, 0) is 0 Å². The van der Waals surface area contributed by atoms with E-state index in [1.54, 1.807) is 0 Å². The molecule has 2 aliphatic rings. The first-order valence-corrected chi connectivity index (χ1v) is 6.77. The molecule has 0 amide bonds. The summed E-state index contributed by atoms with van der Waals surface area (Å²) < 4.78 is 0. The van der Waals surface area contributed by atoms with Gasteiger partial charge in [-0.2, -0.15) is 0 Å². The standard InChI is InChI=1S/C20H16/c1-15(2)20(17-10-4-3-5-11-17)19-14-8-12-16-9-6-7-13-18(16)19/h1,3-14H,2H3/q+1/b15-1?,20-19-. The van der Waals surface area contributed by atoms with E-state index in [0.29, 0.717) is 0 Å². The van der Waals surface area contributed by atoms with Crippen LogP contribution in [0.2, 0.25) is 0 Å². The van der Waals surface area contributed by atoms with E-state index in [4.69, 9.17) is 6.58 Å². The molecule has 0 saturated heterocycles. The SMILES string of the molecule is [CH]=C(C)/C(=C1\C=CC=C2C=CC=C[C+]21)c1ccccc1. The van der Waals surface area contributed by atoms with Crippen LogP contribution in [0.15, 0.2) is 89.6 Å². The number of benzene rings is 1. The van der Waals surface area contributed by atoms with Crippen molar-refractivity contribution < 1.29 is 0 Å². The molecule has 0 heterocycles. The molecule has 0 heteroatoms. The van der Waals surface area contributed by atoms with Crippen molar-refractivity contribution in [1.29, 1.82) is 0 Å². The van der Waals surface area contributed by atoms with Crippen molar-refractivity contribution >= 4 is 5.57 Å². The van der Waals surface area contributed by atoms with Gasteiger partial charge in [0.2, 0.25) is 0 Å². The van der Waals surface area contributed by atoms with Crippen molar-refractivity contribution in [3.63, 3.8) is 0 Å². The Labute approximate surface area is 120 Å². The Bertz CT molecular complexity index is 676. The van der Waals surface area contributed by atoms with E-state index in [1.165, 1.54) is 17.1 Å². The molecule has 0 fully saturated rings. The molecule has 2 aliphatic carbocycles. The van der Waals surface area contributed by atoms with Crippen LogP contribution in [0, 0.1) is 12.5 Å². The largest absolute Gasteiger partial charge is 0.0731 e. The van der Waals surface area contributed by atoms with E-state index < -0.39 is 0 Å². The fraction of sp³-hybridized carbons (Fsp3) is 0.0500. The second-order valence-corrected chi connectivity index (χ2v) is 4.95. The maximum Gasteiger partial charge on any atom is 0.0731 e. The Balaban J connectivity index is 2.17. The van der Waals surface area contributed by atoms with Crippen LogP contribution in [0.3, 0.4) is 0 Å². The summed E-state index contributed by atoms with van der Waals surface area (Å²) in [5, 5.41) is 0. The molecule has 1 aromatic rings. The summed E-state index contributed by atoms with van der Waals surface area (Å²) in [6.07, 6.45) is 14.8. The van der Waals surface area contributed by atoms with Crippen LogP contribution in [0.4, 0.5) is 0 Å². The number of allylic oxidation sites excluding steroid dienone is 11. The lowest BCUT2D eigenvalue weighted by molar-refractivity contribution is 1.25. The van der Waals surface area contributed by atoms with Crippen molar-refractivity contribution in [1.82, 2.24) is 0 Å². The first-order valence-electron chi connectivity index (χ1n) is 6.77. The molecule has 0 bridgehead atoms. The van der Waals surface area contributed by atoms with Gasteiger partial charge in [0, 0.05) is 35.4 Å². The van der Waals surface area contributed by atoms with Gasteiger partial charge >= 0.3 is 0 Å². The highest BCUT2D eigenvalue weighted by Gasteiger charge is 2.27. The first-order chi connectivity index (χ1) is 9.77. The molecule has 0 saturated carbocycles. The van der Waals surface area contributed by atoms with Gasteiger partial charge in [-0.3, -0.25) is 0 Å². The molecule has 1 radical (unpaired) electrons. The highest BCUT2D eigenvalue weighted by Crippen LogP contribution is 2.39. The van der Waals surface area contributed by atoms with Gasteiger partial charge < -0.3 is 0 Å². The second-order valence-electron chi connectivity index (χ2n) is 4.95. The van der Waals surface area contributed by atoms with Crippen LogP contribution in [0.1, 0.15) is 12.5 Å². The summed E-state index contributed by atoms with van der Waals surface area (Å²) >= 11 is 0. The Morgan fingerprint density at radius 2 is 1.80 bits per heavy atom. The van der Waals surface area contributed by atoms with E-state index in [2.05, 4.69) is 54.7 Å². The fourth-order valence-electron chi connectivity index (χ4n) is 2.64. The zero-order valence-electron chi connectivity index (χ0n) is 11.5. The van der Waals surface area contributed by atoms with Crippen LogP contribution >= 0.6 is 0 Å². The van der Waals surface area contributed by atoms with Crippen LogP contribution in [0.25, 0.3) is 5.57 Å². The third-order valence-corrected chi connectivity index (χ3v) is 3.52. The molecule has 0 nitrogen and oxygen atoms in total. The van der Waals surface area contributed by atoms with Gasteiger partial charge in [-0.15, -0.1) is 0 Å². The molecule has 20 heavy (non-hydrogen) atoms. The Kier molecular flexibility index (Phi) is 3.30. The zero-order valence-corrected chi connectivity index (χ0v) is 11.5. The molecular weight excluding hydrogens is 240 g/mol. The van der Waals surface area contributed by atoms with Crippen LogP contribution in [0.5, 0.6) is 0 Å². The number of rotatable bonds is 2. The van der Waals surface area contributed by atoms with Crippen LogP contribution in [-0.4, -0.2) is 0 Å². The lowest BCUT2D eigenvalue weighted by Crippen LogP contribution is -2.07. The summed E-state index contributed by atoms with van der Waals surface area (Å²) in [6, 6.07) is 10.3. The second kappa shape index (κ2) is 5.26. The smallest absolute Gasteiger partial charge is 0.0622 e. The molecule has 0 N–H and O–H groups in total. The summed E-state index contributed by atoms with van der Waals surface area (Å²) in [5.74, 6) is 1.23. The van der Waals surface area contributed by atoms with Gasteiger partial charge in [0.25, 0.3) is 0 Å².